The summed E-state index contributed by atoms with van der Waals surface area (Å²) in [5, 5.41) is 18.1. The van der Waals surface area contributed by atoms with Gasteiger partial charge in [-0.3, -0.25) is 4.79 Å². The molecule has 78 valence electrons. The second kappa shape index (κ2) is 4.13. The molecule has 0 atom stereocenters. The highest BCUT2D eigenvalue weighted by atomic mass is 32.1. The van der Waals surface area contributed by atoms with Gasteiger partial charge in [-0.2, -0.15) is 5.21 Å². The molecular weight excluding hydrogens is 216 g/mol. The van der Waals surface area contributed by atoms with Gasteiger partial charge in [-0.15, -0.1) is 21.5 Å². The number of carbonyl (C=O) groups is 1. The maximum Gasteiger partial charge on any atom is 0.233 e. The van der Waals surface area contributed by atoms with Gasteiger partial charge in [0.25, 0.3) is 0 Å². The minimum absolute atomic E-state index is 0.0924. The van der Waals surface area contributed by atoms with E-state index in [-0.39, 0.29) is 12.3 Å². The zero-order valence-corrected chi connectivity index (χ0v) is 8.71. The number of anilines is 1. The average Bonchev–Trinajstić information content (AvgIpc) is 2.77. The van der Waals surface area contributed by atoms with Crippen molar-refractivity contribution < 1.29 is 4.79 Å². The van der Waals surface area contributed by atoms with E-state index in [4.69, 9.17) is 0 Å². The van der Waals surface area contributed by atoms with E-state index in [1.807, 2.05) is 12.3 Å². The number of nitrogens with zero attached hydrogens (tertiary/aromatic N) is 4. The van der Waals surface area contributed by atoms with Crippen LogP contribution in [0.5, 0.6) is 0 Å². The molecule has 7 nitrogen and oxygen atoms in total. The number of nitrogens with one attached hydrogen (secondary N) is 2. The Morgan fingerprint density at radius 2 is 2.53 bits per heavy atom. The fourth-order valence-electron chi connectivity index (χ4n) is 0.976. The quantitative estimate of drug-likeness (QED) is 0.773. The Bertz CT molecular complexity index is 450. The number of aryl methyl sites for hydroxylation is 1. The van der Waals surface area contributed by atoms with Crippen LogP contribution in [0.4, 0.5) is 5.13 Å². The van der Waals surface area contributed by atoms with Crippen molar-refractivity contribution in [1.29, 1.82) is 0 Å². The molecule has 8 heteroatoms. The molecule has 0 saturated carbocycles. The summed E-state index contributed by atoms with van der Waals surface area (Å²) in [5.41, 5.74) is 0.884. The fraction of sp³-hybridized carbons (Fsp3) is 0.286. The van der Waals surface area contributed by atoms with Gasteiger partial charge in [-0.05, 0) is 6.92 Å². The number of hydrogen-bond donors (Lipinski definition) is 2. The number of rotatable bonds is 3. The average molecular weight is 224 g/mol. The molecule has 2 N–H and O–H groups in total. The molecule has 2 rings (SSSR count). The summed E-state index contributed by atoms with van der Waals surface area (Å²) >= 11 is 1.38. The zero-order valence-electron chi connectivity index (χ0n) is 7.89. The molecular formula is C7H8N6OS. The van der Waals surface area contributed by atoms with Crippen LogP contribution in [0.1, 0.15) is 11.5 Å². The van der Waals surface area contributed by atoms with Gasteiger partial charge < -0.3 is 5.32 Å². The van der Waals surface area contributed by atoms with Crippen LogP contribution in [0.3, 0.4) is 0 Å². The van der Waals surface area contributed by atoms with Crippen molar-refractivity contribution in [1.82, 2.24) is 25.6 Å². The first-order valence-corrected chi connectivity index (χ1v) is 5.06. The second-order valence-corrected chi connectivity index (χ2v) is 3.71. The Morgan fingerprint density at radius 3 is 3.13 bits per heavy atom. The molecule has 2 aromatic heterocycles. The standard InChI is InChI=1S/C7H8N6OS/c1-4-3-15-7(8-4)9-6(14)2-5-10-12-13-11-5/h3H,2H2,1H3,(H,8,9,14)(H,10,11,12,13). The lowest BCUT2D eigenvalue weighted by Crippen LogP contribution is -2.15. The van der Waals surface area contributed by atoms with Crippen LogP contribution in [0.15, 0.2) is 5.38 Å². The molecule has 0 aliphatic heterocycles. The lowest BCUT2D eigenvalue weighted by Gasteiger charge is -1.97. The van der Waals surface area contributed by atoms with Crippen LogP contribution >= 0.6 is 11.3 Å². The lowest BCUT2D eigenvalue weighted by molar-refractivity contribution is -0.115. The number of carbonyl (C=O) groups excluding carboxylic acids is 1. The second-order valence-electron chi connectivity index (χ2n) is 2.85. The van der Waals surface area contributed by atoms with E-state index in [2.05, 4.69) is 30.9 Å². The van der Waals surface area contributed by atoms with Crippen LogP contribution in [0.25, 0.3) is 0 Å². The number of amides is 1. The predicted octanol–water partition coefficient (Wildman–Crippen LogP) is 0.146. The Labute approximate surface area is 88.9 Å². The van der Waals surface area contributed by atoms with Gasteiger partial charge in [0.2, 0.25) is 5.91 Å². The predicted molar refractivity (Wildman–Crippen MR) is 53.4 cm³/mol. The first-order chi connectivity index (χ1) is 7.24. The minimum Gasteiger partial charge on any atom is -0.302 e. The summed E-state index contributed by atoms with van der Waals surface area (Å²) in [6, 6.07) is 0. The van der Waals surface area contributed by atoms with Gasteiger partial charge >= 0.3 is 0 Å². The van der Waals surface area contributed by atoms with Crippen molar-refractivity contribution in [2.45, 2.75) is 13.3 Å². The Kier molecular flexibility index (Phi) is 2.68. The largest absolute Gasteiger partial charge is 0.302 e. The van der Waals surface area contributed by atoms with Crippen molar-refractivity contribution in [3.05, 3.63) is 16.9 Å². The summed E-state index contributed by atoms with van der Waals surface area (Å²) in [6.07, 6.45) is 0.0924. The molecule has 0 spiro atoms. The number of hydrogen-bond acceptors (Lipinski definition) is 6. The molecule has 2 aromatic rings. The molecule has 0 radical (unpaired) electrons. The van der Waals surface area contributed by atoms with Crippen molar-refractivity contribution in [2.75, 3.05) is 5.32 Å². The summed E-state index contributed by atoms with van der Waals surface area (Å²) in [6.45, 7) is 1.87. The highest BCUT2D eigenvalue weighted by Gasteiger charge is 2.08. The fourth-order valence-corrected chi connectivity index (χ4v) is 1.68. The van der Waals surface area contributed by atoms with E-state index < -0.39 is 0 Å². The van der Waals surface area contributed by atoms with Gasteiger partial charge in [0.05, 0.1) is 12.1 Å². The molecule has 2 heterocycles. The minimum atomic E-state index is -0.203. The molecule has 0 unspecified atom stereocenters. The van der Waals surface area contributed by atoms with Gasteiger partial charge in [0.1, 0.15) is 0 Å². The number of thiazole rings is 1. The van der Waals surface area contributed by atoms with Gasteiger partial charge in [-0.25, -0.2) is 4.98 Å². The maximum atomic E-state index is 11.4. The van der Waals surface area contributed by atoms with Crippen LogP contribution < -0.4 is 5.32 Å². The lowest BCUT2D eigenvalue weighted by atomic mass is 10.4. The molecule has 0 aliphatic rings. The Morgan fingerprint density at radius 1 is 1.67 bits per heavy atom. The van der Waals surface area contributed by atoms with Gasteiger partial charge in [0, 0.05) is 5.38 Å². The number of aromatic nitrogens is 5. The molecule has 0 aliphatic carbocycles. The molecule has 15 heavy (non-hydrogen) atoms. The third-order valence-electron chi connectivity index (χ3n) is 1.57. The molecule has 0 aromatic carbocycles. The summed E-state index contributed by atoms with van der Waals surface area (Å²) in [4.78, 5) is 15.5. The normalized spacial score (nSPS) is 10.2. The number of tetrazole rings is 1. The highest BCUT2D eigenvalue weighted by molar-refractivity contribution is 7.13. The molecule has 0 saturated heterocycles. The summed E-state index contributed by atoms with van der Waals surface area (Å²) in [7, 11) is 0. The SMILES string of the molecule is Cc1csc(NC(=O)Cc2nn[nH]n2)n1. The van der Waals surface area contributed by atoms with Crippen molar-refractivity contribution >= 4 is 22.4 Å². The third-order valence-corrected chi connectivity index (χ3v) is 2.45. The van der Waals surface area contributed by atoms with E-state index in [1.54, 1.807) is 0 Å². The monoisotopic (exact) mass is 224 g/mol. The smallest absolute Gasteiger partial charge is 0.233 e. The van der Waals surface area contributed by atoms with Crippen LogP contribution in [-0.4, -0.2) is 31.5 Å². The molecule has 0 bridgehead atoms. The maximum absolute atomic E-state index is 11.4. The van der Waals surface area contributed by atoms with E-state index >= 15 is 0 Å². The third kappa shape index (κ3) is 2.56. The number of aromatic amines is 1. The Balaban J connectivity index is 1.93. The number of H-pyrrole nitrogens is 1. The first-order valence-electron chi connectivity index (χ1n) is 4.18. The van der Waals surface area contributed by atoms with Crippen LogP contribution in [-0.2, 0) is 11.2 Å². The Hall–Kier alpha value is -1.83. The molecule has 1 amide bonds. The van der Waals surface area contributed by atoms with E-state index in [0.29, 0.717) is 11.0 Å². The van der Waals surface area contributed by atoms with Crippen molar-refractivity contribution in [3.63, 3.8) is 0 Å². The van der Waals surface area contributed by atoms with Crippen LogP contribution in [0, 0.1) is 6.92 Å². The van der Waals surface area contributed by atoms with E-state index in [1.165, 1.54) is 11.3 Å². The highest BCUT2D eigenvalue weighted by Crippen LogP contribution is 2.14. The van der Waals surface area contributed by atoms with Crippen molar-refractivity contribution in [3.8, 4) is 0 Å². The van der Waals surface area contributed by atoms with Gasteiger partial charge in [-0.1, -0.05) is 5.21 Å². The summed E-state index contributed by atoms with van der Waals surface area (Å²) < 4.78 is 0. The molecule has 0 fully saturated rings. The van der Waals surface area contributed by atoms with Crippen LogP contribution in [0.2, 0.25) is 0 Å². The summed E-state index contributed by atoms with van der Waals surface area (Å²) in [5.74, 6) is 0.159. The topological polar surface area (TPSA) is 96.5 Å². The van der Waals surface area contributed by atoms with Crippen molar-refractivity contribution in [2.24, 2.45) is 0 Å². The first kappa shape index (κ1) is 9.71. The zero-order chi connectivity index (χ0) is 10.7. The van der Waals surface area contributed by atoms with E-state index in [0.717, 1.165) is 5.69 Å². The van der Waals surface area contributed by atoms with E-state index in [9.17, 15) is 4.79 Å². The van der Waals surface area contributed by atoms with Gasteiger partial charge in [0.15, 0.2) is 11.0 Å².